The molecule has 0 bridgehead atoms. The molecule has 3 aliphatic rings. The first-order valence-corrected chi connectivity index (χ1v) is 21.3. The summed E-state index contributed by atoms with van der Waals surface area (Å²) in [6, 6.07) is 10.6. The lowest BCUT2D eigenvalue weighted by atomic mass is 9.96. The van der Waals surface area contributed by atoms with Gasteiger partial charge in [-0.2, -0.15) is 0 Å². The number of rotatable bonds is 16. The number of hydrogen-bond donors (Lipinski definition) is 3. The molecule has 3 heterocycles. The van der Waals surface area contributed by atoms with Gasteiger partial charge in [-0.3, -0.25) is 19.1 Å². The molecule has 1 aromatic heterocycles. The lowest BCUT2D eigenvalue weighted by Gasteiger charge is -2.25. The van der Waals surface area contributed by atoms with Gasteiger partial charge in [-0.05, 0) is 76.1 Å². The molecular weight excluding hydrogens is 793 g/mol. The number of alkyl carbamates (subject to hydrolysis) is 1. The van der Waals surface area contributed by atoms with E-state index in [1.165, 1.54) is 6.08 Å². The SMILES string of the molecule is C=CCC(NC=O)C(=O)NS(=O)C1(C)CC1.CC(C)C.COc1nc2c3c(ccc2nc1-c1cccc(OCC(C)(C)COC(=O)NCC(=O)N2CCCC2C)c1)OCO3. The number of aromatic nitrogens is 2. The summed E-state index contributed by atoms with van der Waals surface area (Å²) in [5.41, 5.74) is 2.08. The molecule has 6 rings (SSSR count). The minimum Gasteiger partial charge on any atom is -0.493 e. The molecule has 3 atom stereocenters. The molecule has 3 N–H and O–H groups in total. The lowest BCUT2D eigenvalue weighted by Crippen LogP contribution is -2.45. The van der Waals surface area contributed by atoms with Crippen molar-refractivity contribution in [3.63, 3.8) is 0 Å². The summed E-state index contributed by atoms with van der Waals surface area (Å²) in [6.07, 6.45) is 5.37. The zero-order valence-corrected chi connectivity index (χ0v) is 36.8. The molecule has 17 heteroatoms. The highest BCUT2D eigenvalue weighted by molar-refractivity contribution is 7.85. The van der Waals surface area contributed by atoms with Crippen LogP contribution in [0.1, 0.15) is 80.6 Å². The summed E-state index contributed by atoms with van der Waals surface area (Å²) in [6.45, 7) is 18.9. The van der Waals surface area contributed by atoms with Crippen molar-refractivity contribution < 1.29 is 47.1 Å². The highest BCUT2D eigenvalue weighted by atomic mass is 32.2. The Morgan fingerprint density at radius 1 is 1.12 bits per heavy atom. The Hall–Kier alpha value is -5.45. The number of nitrogens with one attached hydrogen (secondary N) is 3. The van der Waals surface area contributed by atoms with Crippen molar-refractivity contribution in [2.75, 3.05) is 40.2 Å². The number of carbonyl (C=O) groups is 4. The third-order valence-electron chi connectivity index (χ3n) is 9.50. The minimum atomic E-state index is -1.37. The number of methoxy groups -OCH3 is 1. The first-order valence-electron chi connectivity index (χ1n) is 20.1. The van der Waals surface area contributed by atoms with Gasteiger partial charge in [0.25, 0.3) is 5.91 Å². The highest BCUT2D eigenvalue weighted by Gasteiger charge is 2.45. The number of nitrogens with zero attached hydrogens (tertiary/aromatic N) is 3. The Morgan fingerprint density at radius 3 is 2.48 bits per heavy atom. The first kappa shape index (κ1) is 47.2. The Balaban J connectivity index is 0.000000330. The van der Waals surface area contributed by atoms with Gasteiger partial charge in [-0.15, -0.1) is 6.58 Å². The third kappa shape index (κ3) is 13.5. The van der Waals surface area contributed by atoms with Gasteiger partial charge in [0.2, 0.25) is 25.0 Å². The average molecular weight is 853 g/mol. The number of ether oxygens (including phenoxy) is 5. The second-order valence-electron chi connectivity index (χ2n) is 16.5. The molecule has 60 heavy (non-hydrogen) atoms. The van der Waals surface area contributed by atoms with Crippen LogP contribution in [-0.2, 0) is 30.1 Å². The van der Waals surface area contributed by atoms with Crippen LogP contribution in [0.25, 0.3) is 22.3 Å². The minimum absolute atomic E-state index is 0.0721. The molecule has 328 valence electrons. The molecule has 1 aliphatic carbocycles. The van der Waals surface area contributed by atoms with Crippen molar-refractivity contribution >= 4 is 46.3 Å². The Bertz CT molecular complexity index is 1990. The number of amides is 4. The van der Waals surface area contributed by atoms with Crippen molar-refractivity contribution in [1.29, 1.82) is 0 Å². The van der Waals surface area contributed by atoms with E-state index in [2.05, 4.69) is 47.7 Å². The van der Waals surface area contributed by atoms with Gasteiger partial charge >= 0.3 is 6.09 Å². The van der Waals surface area contributed by atoms with E-state index >= 15 is 0 Å². The summed E-state index contributed by atoms with van der Waals surface area (Å²) in [5.74, 6) is 2.46. The van der Waals surface area contributed by atoms with Crippen molar-refractivity contribution in [3.8, 4) is 34.4 Å². The predicted molar refractivity (Wildman–Crippen MR) is 229 cm³/mol. The van der Waals surface area contributed by atoms with E-state index in [4.69, 9.17) is 28.7 Å². The highest BCUT2D eigenvalue weighted by Crippen LogP contribution is 2.41. The molecule has 4 amide bonds. The van der Waals surface area contributed by atoms with E-state index in [1.54, 1.807) is 12.0 Å². The molecule has 2 aromatic carbocycles. The quantitative estimate of drug-likeness (QED) is 0.115. The lowest BCUT2D eigenvalue weighted by molar-refractivity contribution is -0.130. The molecule has 0 radical (unpaired) electrons. The number of hydrogen-bond acceptors (Lipinski definition) is 12. The Kier molecular flexibility index (Phi) is 17.1. The summed E-state index contributed by atoms with van der Waals surface area (Å²) in [4.78, 5) is 57.6. The molecule has 1 saturated carbocycles. The summed E-state index contributed by atoms with van der Waals surface area (Å²) < 4.78 is 41.8. The number of likely N-dealkylation sites (tertiary alicyclic amines) is 1. The maximum Gasteiger partial charge on any atom is 0.407 e. The van der Waals surface area contributed by atoms with Crippen molar-refractivity contribution in [2.24, 2.45) is 11.3 Å². The zero-order chi connectivity index (χ0) is 44.0. The van der Waals surface area contributed by atoms with Crippen LogP contribution in [0.3, 0.4) is 0 Å². The summed E-state index contributed by atoms with van der Waals surface area (Å²) in [7, 11) is 0.170. The monoisotopic (exact) mass is 852 g/mol. The standard InChI is InChI=1S/C29H34N4O7.C10H16N2O3S.C4H10/c1-18-7-6-12-33(18)23(34)14-30-28(35)38-16-29(2,3)15-37-20-9-5-8-19(13-20)24-27(36-4)32-25-21(31-24)10-11-22-26(25)40-17-39-22;1-3-4-8(11-7-13)9(14)12-16(15)10(2)5-6-10;1-4(2)3/h5,8-11,13,18H,6-7,12,14-17H2,1-4H3,(H,30,35);3,7-8H,1,4-6H2,2H3,(H,11,13)(H,12,14);4H,1-3H3. The number of carbonyl (C=O) groups excluding carboxylic acids is 4. The molecule has 2 fully saturated rings. The predicted octanol–water partition coefficient (Wildman–Crippen LogP) is 5.85. The van der Waals surface area contributed by atoms with E-state index in [0.29, 0.717) is 52.7 Å². The molecule has 0 spiro atoms. The van der Waals surface area contributed by atoms with E-state index in [1.807, 2.05) is 64.1 Å². The van der Waals surface area contributed by atoms with Gasteiger partial charge in [0, 0.05) is 23.6 Å². The third-order valence-corrected chi connectivity index (χ3v) is 11.2. The van der Waals surface area contributed by atoms with E-state index in [9.17, 15) is 23.4 Å². The van der Waals surface area contributed by atoms with Gasteiger partial charge in [0.1, 0.15) is 47.1 Å². The molecule has 3 aromatic rings. The topological polar surface area (TPSA) is 197 Å². The van der Waals surface area contributed by atoms with E-state index < -0.39 is 34.4 Å². The normalized spacial score (nSPS) is 16.8. The number of benzene rings is 2. The Morgan fingerprint density at radius 2 is 1.85 bits per heavy atom. The second-order valence-corrected chi connectivity index (χ2v) is 18.2. The van der Waals surface area contributed by atoms with Crippen LogP contribution in [0.2, 0.25) is 0 Å². The van der Waals surface area contributed by atoms with Gasteiger partial charge in [0.15, 0.2) is 11.5 Å². The van der Waals surface area contributed by atoms with E-state index in [0.717, 1.165) is 43.7 Å². The van der Waals surface area contributed by atoms with Crippen LogP contribution in [0.5, 0.6) is 23.1 Å². The maximum absolute atomic E-state index is 12.3. The van der Waals surface area contributed by atoms with Gasteiger partial charge in [0.05, 0.1) is 24.0 Å². The zero-order valence-electron chi connectivity index (χ0n) is 36.0. The van der Waals surface area contributed by atoms with E-state index in [-0.39, 0.29) is 43.2 Å². The van der Waals surface area contributed by atoms with Crippen LogP contribution in [0.15, 0.2) is 49.1 Å². The van der Waals surface area contributed by atoms with Crippen molar-refractivity contribution in [2.45, 2.75) is 97.4 Å². The van der Waals surface area contributed by atoms with Gasteiger partial charge in [-0.1, -0.05) is 52.8 Å². The van der Waals surface area contributed by atoms with Crippen LogP contribution in [0, 0.1) is 11.3 Å². The molecule has 2 aliphatic heterocycles. The fraction of sp³-hybridized carbons (Fsp3) is 0.535. The molecule has 1 saturated heterocycles. The van der Waals surface area contributed by atoms with Gasteiger partial charge < -0.3 is 39.2 Å². The molecule has 3 unspecified atom stereocenters. The smallest absolute Gasteiger partial charge is 0.407 e. The molecular formula is C43H60N6O10S. The summed E-state index contributed by atoms with van der Waals surface area (Å²) >= 11 is 0. The maximum atomic E-state index is 12.3. The van der Waals surface area contributed by atoms with Crippen LogP contribution < -0.4 is 34.3 Å². The molecule has 16 nitrogen and oxygen atoms in total. The first-order chi connectivity index (χ1) is 28.5. The van der Waals surface area contributed by atoms with Crippen molar-refractivity contribution in [3.05, 3.63) is 49.1 Å². The van der Waals surface area contributed by atoms with Crippen molar-refractivity contribution in [1.82, 2.24) is 30.2 Å². The van der Waals surface area contributed by atoms with Crippen LogP contribution in [0.4, 0.5) is 4.79 Å². The average Bonchev–Trinajstić information content (AvgIpc) is 3.55. The van der Waals surface area contributed by atoms with Gasteiger partial charge in [-0.25, -0.2) is 19.0 Å². The Labute approximate surface area is 355 Å². The fourth-order valence-corrected chi connectivity index (χ4v) is 6.91. The largest absolute Gasteiger partial charge is 0.493 e. The van der Waals surface area contributed by atoms with Crippen LogP contribution in [-0.4, -0.2) is 100 Å². The summed E-state index contributed by atoms with van der Waals surface area (Å²) in [5, 5.41) is 4.92. The fourth-order valence-electron chi connectivity index (χ4n) is 5.86. The second kappa shape index (κ2) is 21.7. The number of fused-ring (bicyclic) bond motifs is 3. The van der Waals surface area contributed by atoms with Crippen LogP contribution >= 0.6 is 0 Å².